The molecule has 1 aromatic carbocycles. The van der Waals surface area contributed by atoms with Crippen LogP contribution in [-0.4, -0.2) is 4.98 Å². The molecule has 0 aliphatic rings. The van der Waals surface area contributed by atoms with Crippen LogP contribution in [0.15, 0.2) is 48.8 Å². The number of nitrogens with zero attached hydrogens (tertiary/aromatic N) is 1. The molecule has 0 fully saturated rings. The van der Waals surface area contributed by atoms with Crippen LogP contribution in [0.3, 0.4) is 0 Å². The first-order valence-electron chi connectivity index (χ1n) is 4.48. The second-order valence-electron chi connectivity index (χ2n) is 3.16. The summed E-state index contributed by atoms with van der Waals surface area (Å²) in [5.41, 5.74) is 2.23. The zero-order valence-corrected chi connectivity index (χ0v) is 7.65. The van der Waals surface area contributed by atoms with Crippen molar-refractivity contribution >= 4 is 0 Å². The first-order valence-corrected chi connectivity index (χ1v) is 4.48. The van der Waals surface area contributed by atoms with Gasteiger partial charge in [0.2, 0.25) is 0 Å². The van der Waals surface area contributed by atoms with E-state index in [1.165, 1.54) is 12.1 Å². The van der Waals surface area contributed by atoms with E-state index >= 15 is 0 Å². The normalized spacial score (nSPS) is 10.1. The number of benzene rings is 1. The van der Waals surface area contributed by atoms with Crippen LogP contribution in [0.4, 0.5) is 4.39 Å². The zero-order chi connectivity index (χ0) is 9.80. The van der Waals surface area contributed by atoms with E-state index in [4.69, 9.17) is 0 Å². The quantitative estimate of drug-likeness (QED) is 0.704. The van der Waals surface area contributed by atoms with Crippen LogP contribution in [0.5, 0.6) is 0 Å². The van der Waals surface area contributed by atoms with Gasteiger partial charge in [-0.3, -0.25) is 4.98 Å². The van der Waals surface area contributed by atoms with Crippen molar-refractivity contribution in [3.05, 3.63) is 65.7 Å². The molecule has 70 valence electrons. The van der Waals surface area contributed by atoms with Crippen molar-refractivity contribution in [2.24, 2.45) is 0 Å². The van der Waals surface area contributed by atoms with Crippen LogP contribution < -0.4 is 0 Å². The fraction of sp³-hybridized carbons (Fsp3) is 0.0833. The van der Waals surface area contributed by atoms with E-state index in [2.05, 4.69) is 4.98 Å². The van der Waals surface area contributed by atoms with Gasteiger partial charge in [-0.2, -0.15) is 0 Å². The van der Waals surface area contributed by atoms with Crippen LogP contribution in [0.1, 0.15) is 11.1 Å². The molecule has 0 radical (unpaired) electrons. The minimum Gasteiger partial charge on any atom is -0.264 e. The average Bonchev–Trinajstić information content (AvgIpc) is 2.23. The van der Waals surface area contributed by atoms with Gasteiger partial charge >= 0.3 is 0 Å². The smallest absolute Gasteiger partial charge is 0.123 e. The molecule has 0 bridgehead atoms. The first-order chi connectivity index (χ1) is 6.84. The molecular formula is C12H10FN. The fourth-order valence-corrected chi connectivity index (χ4v) is 1.34. The predicted molar refractivity (Wildman–Crippen MR) is 53.4 cm³/mol. The lowest BCUT2D eigenvalue weighted by Gasteiger charge is -2.00. The van der Waals surface area contributed by atoms with Gasteiger partial charge in [0.05, 0.1) is 0 Å². The summed E-state index contributed by atoms with van der Waals surface area (Å²) in [5, 5.41) is 0. The van der Waals surface area contributed by atoms with Gasteiger partial charge in [-0.25, -0.2) is 4.39 Å². The maximum absolute atomic E-state index is 12.6. The van der Waals surface area contributed by atoms with Crippen molar-refractivity contribution in [1.82, 2.24) is 4.98 Å². The summed E-state index contributed by atoms with van der Waals surface area (Å²) in [4.78, 5) is 4.02. The minimum absolute atomic E-state index is 0.195. The van der Waals surface area contributed by atoms with E-state index in [9.17, 15) is 4.39 Å². The molecule has 0 aliphatic heterocycles. The van der Waals surface area contributed by atoms with Crippen molar-refractivity contribution in [2.45, 2.75) is 6.42 Å². The molecule has 1 nitrogen and oxygen atoms in total. The van der Waals surface area contributed by atoms with Gasteiger partial charge in [-0.15, -0.1) is 0 Å². The lowest BCUT2D eigenvalue weighted by molar-refractivity contribution is 0.627. The second kappa shape index (κ2) is 4.01. The largest absolute Gasteiger partial charge is 0.264 e. The molecule has 2 rings (SSSR count). The van der Waals surface area contributed by atoms with Crippen molar-refractivity contribution < 1.29 is 4.39 Å². The first kappa shape index (κ1) is 8.88. The molecule has 0 N–H and O–H groups in total. The molecule has 0 spiro atoms. The minimum atomic E-state index is -0.195. The van der Waals surface area contributed by atoms with Gasteiger partial charge in [0.1, 0.15) is 5.82 Å². The van der Waals surface area contributed by atoms with E-state index in [0.29, 0.717) is 0 Å². The average molecular weight is 187 g/mol. The van der Waals surface area contributed by atoms with E-state index < -0.39 is 0 Å². The number of halogens is 1. The Kier molecular flexibility index (Phi) is 2.54. The number of rotatable bonds is 2. The van der Waals surface area contributed by atoms with Gasteiger partial charge in [0, 0.05) is 12.4 Å². The number of pyridine rings is 1. The van der Waals surface area contributed by atoms with Gasteiger partial charge in [-0.05, 0) is 35.7 Å². The summed E-state index contributed by atoms with van der Waals surface area (Å²) in [6.45, 7) is 0. The fourth-order valence-electron chi connectivity index (χ4n) is 1.34. The highest BCUT2D eigenvalue weighted by molar-refractivity contribution is 5.23. The molecule has 0 aliphatic carbocycles. The van der Waals surface area contributed by atoms with Gasteiger partial charge < -0.3 is 0 Å². The highest BCUT2D eigenvalue weighted by Crippen LogP contribution is 2.08. The zero-order valence-electron chi connectivity index (χ0n) is 7.65. The summed E-state index contributed by atoms with van der Waals surface area (Å²) in [6, 6.07) is 10.5. The summed E-state index contributed by atoms with van der Waals surface area (Å²) in [5.74, 6) is -0.195. The third-order valence-corrected chi connectivity index (χ3v) is 2.04. The van der Waals surface area contributed by atoms with Gasteiger partial charge in [0.15, 0.2) is 0 Å². The SMILES string of the molecule is Fc1ccc(Cc2cccnc2)cc1. The van der Waals surface area contributed by atoms with Crippen LogP contribution in [0.25, 0.3) is 0 Å². The monoisotopic (exact) mass is 187 g/mol. The Morgan fingerprint density at radius 3 is 2.43 bits per heavy atom. The molecule has 14 heavy (non-hydrogen) atoms. The lowest BCUT2D eigenvalue weighted by atomic mass is 10.1. The highest BCUT2D eigenvalue weighted by Gasteiger charge is 1.95. The maximum Gasteiger partial charge on any atom is 0.123 e. The van der Waals surface area contributed by atoms with E-state index in [1.807, 2.05) is 18.3 Å². The van der Waals surface area contributed by atoms with E-state index in [0.717, 1.165) is 17.5 Å². The summed E-state index contributed by atoms with van der Waals surface area (Å²) in [7, 11) is 0. The summed E-state index contributed by atoms with van der Waals surface area (Å²) >= 11 is 0. The van der Waals surface area contributed by atoms with Crippen molar-refractivity contribution in [3.63, 3.8) is 0 Å². The third-order valence-electron chi connectivity index (χ3n) is 2.04. The van der Waals surface area contributed by atoms with Crippen LogP contribution in [-0.2, 0) is 6.42 Å². The Balaban J connectivity index is 2.16. The summed E-state index contributed by atoms with van der Waals surface area (Å²) in [6.07, 6.45) is 4.37. The van der Waals surface area contributed by atoms with E-state index in [-0.39, 0.29) is 5.82 Å². The van der Waals surface area contributed by atoms with Gasteiger partial charge in [-0.1, -0.05) is 18.2 Å². The summed E-state index contributed by atoms with van der Waals surface area (Å²) < 4.78 is 12.6. The maximum atomic E-state index is 12.6. The van der Waals surface area contributed by atoms with Crippen LogP contribution >= 0.6 is 0 Å². The third kappa shape index (κ3) is 2.16. The van der Waals surface area contributed by atoms with Crippen molar-refractivity contribution in [3.8, 4) is 0 Å². The van der Waals surface area contributed by atoms with Crippen LogP contribution in [0.2, 0.25) is 0 Å². The Morgan fingerprint density at radius 1 is 1.00 bits per heavy atom. The number of hydrogen-bond donors (Lipinski definition) is 0. The van der Waals surface area contributed by atoms with Gasteiger partial charge in [0.25, 0.3) is 0 Å². The Hall–Kier alpha value is -1.70. The molecule has 0 saturated carbocycles. The van der Waals surface area contributed by atoms with E-state index in [1.54, 1.807) is 18.3 Å². The number of aromatic nitrogens is 1. The molecule has 0 saturated heterocycles. The molecule has 1 heterocycles. The Labute approximate surface area is 82.2 Å². The predicted octanol–water partition coefficient (Wildman–Crippen LogP) is 2.81. The molecular weight excluding hydrogens is 177 g/mol. The van der Waals surface area contributed by atoms with Crippen molar-refractivity contribution in [2.75, 3.05) is 0 Å². The highest BCUT2D eigenvalue weighted by atomic mass is 19.1. The molecule has 1 aromatic heterocycles. The lowest BCUT2D eigenvalue weighted by Crippen LogP contribution is -1.88. The molecule has 0 unspecified atom stereocenters. The molecule has 0 amide bonds. The Morgan fingerprint density at radius 2 is 1.79 bits per heavy atom. The van der Waals surface area contributed by atoms with Crippen LogP contribution in [0, 0.1) is 5.82 Å². The molecule has 2 aromatic rings. The molecule has 2 heteroatoms. The topological polar surface area (TPSA) is 12.9 Å². The second-order valence-corrected chi connectivity index (χ2v) is 3.16. The Bertz CT molecular complexity index is 394. The standard InChI is InChI=1S/C12H10FN/c13-12-5-3-10(4-6-12)8-11-2-1-7-14-9-11/h1-7,9H,8H2. The van der Waals surface area contributed by atoms with Crippen molar-refractivity contribution in [1.29, 1.82) is 0 Å². The molecule has 0 atom stereocenters. The number of hydrogen-bond acceptors (Lipinski definition) is 1.